The van der Waals surface area contributed by atoms with Gasteiger partial charge in [-0.15, -0.1) is 0 Å². The number of phosphoric ester groups is 2. The van der Waals surface area contributed by atoms with Gasteiger partial charge in [-0.3, -0.25) is 37.3 Å². The fraction of sp³-hybridized carbons (Fsp3) is 0.759. The highest BCUT2D eigenvalue weighted by molar-refractivity contribution is 7.47. The summed E-state index contributed by atoms with van der Waals surface area (Å²) in [5.41, 5.74) is 0. The van der Waals surface area contributed by atoms with Gasteiger partial charge < -0.3 is 33.8 Å². The number of carbonyl (C=O) groups excluding carboxylic acids is 4. The number of phosphoric acid groups is 2. The molecule has 5 atom stereocenters. The minimum Gasteiger partial charge on any atom is -0.462 e. The molecule has 0 aliphatic carbocycles. The third-order valence-electron chi connectivity index (χ3n) is 17.0. The maximum absolute atomic E-state index is 13.1. The van der Waals surface area contributed by atoms with Gasteiger partial charge in [-0.1, -0.05) is 298 Å². The number of allylic oxidation sites excluding steroid dienone is 16. The Morgan fingerprint density at radius 3 is 0.843 bits per heavy atom. The number of ether oxygens (including phenoxy) is 4. The number of aliphatic hydroxyl groups is 1. The highest BCUT2D eigenvalue weighted by Gasteiger charge is 2.30. The Labute approximate surface area is 620 Å². The number of carbonyl (C=O) groups is 4. The lowest BCUT2D eigenvalue weighted by Gasteiger charge is -2.21. The van der Waals surface area contributed by atoms with Crippen LogP contribution in [0.15, 0.2) is 97.2 Å². The largest absolute Gasteiger partial charge is 0.472 e. The second-order valence-electron chi connectivity index (χ2n) is 27.0. The van der Waals surface area contributed by atoms with Gasteiger partial charge in [0.2, 0.25) is 0 Å². The van der Waals surface area contributed by atoms with Crippen molar-refractivity contribution in [1.82, 2.24) is 0 Å². The number of unbranched alkanes of at least 4 members (excludes halogenated alkanes) is 34. The Kier molecular flexibility index (Phi) is 72.3. The van der Waals surface area contributed by atoms with E-state index in [4.69, 9.17) is 37.0 Å². The van der Waals surface area contributed by atoms with Crippen LogP contribution in [0, 0.1) is 0 Å². The fourth-order valence-corrected chi connectivity index (χ4v) is 12.4. The first kappa shape index (κ1) is 98.0. The second kappa shape index (κ2) is 75.2. The summed E-state index contributed by atoms with van der Waals surface area (Å²) in [6.45, 7) is 4.68. The van der Waals surface area contributed by atoms with E-state index in [0.29, 0.717) is 25.7 Å². The molecule has 0 spiro atoms. The first-order valence-corrected chi connectivity index (χ1v) is 43.5. The molecule has 3 N–H and O–H groups in total. The molecule has 0 aliphatic heterocycles. The van der Waals surface area contributed by atoms with Gasteiger partial charge in [0, 0.05) is 25.7 Å². The van der Waals surface area contributed by atoms with E-state index in [2.05, 4.69) is 125 Å². The van der Waals surface area contributed by atoms with Crippen LogP contribution in [0.5, 0.6) is 0 Å². The molecule has 19 heteroatoms. The smallest absolute Gasteiger partial charge is 0.462 e. The van der Waals surface area contributed by atoms with Gasteiger partial charge in [-0.05, 0) is 122 Å². The van der Waals surface area contributed by atoms with E-state index in [0.717, 1.165) is 199 Å². The Morgan fingerprint density at radius 2 is 0.529 bits per heavy atom. The standard InChI is InChI=1S/C83H146O17P2/c1-5-9-13-17-21-25-29-33-35-37-38-40-42-46-48-52-56-60-64-68-81(86)94-74-79(100-83(88)70-66-62-58-54-50-44-32-28-24-20-16-12-8-4)76-98-102(91,92)96-72-77(84)71-95-101(89,90)97-75-78(99-82(87)69-65-61-57-53-49-43-31-27-23-19-15-11-7-3)73-93-80(85)67-63-59-55-51-47-45-41-39-36-34-30-26-22-18-14-10-6-2/h10,14,16,20-22,25-26,28,32-36,38,40,77-79,84H,5-9,11-13,15,17-19,23-24,27,29-31,37,39,41-76H2,1-4H3,(H,89,90)(H,91,92)/b14-10-,20-16-,25-21-,26-22-,32-28-,35-33-,36-34-,40-38-. The van der Waals surface area contributed by atoms with E-state index in [1.165, 1.54) is 70.6 Å². The van der Waals surface area contributed by atoms with Crippen molar-refractivity contribution >= 4 is 39.5 Å². The van der Waals surface area contributed by atoms with E-state index < -0.39 is 97.5 Å². The molecule has 590 valence electrons. The SMILES string of the molecule is CC/C=C\C/C=C\C/C=C\CCCCCCCCCC(=O)OCC(COP(=O)(O)OCC(O)COP(=O)(O)OCC(COC(=O)CCCCCCCC/C=C\C/C=C\C/C=C\CCCCC)OC(=O)CCCCCCC/C=C\C/C=C\CCC)OC(=O)CCCCCCCCCCCCCCC. The zero-order valence-electron chi connectivity index (χ0n) is 64.5. The number of aliphatic hydroxyl groups excluding tert-OH is 1. The number of esters is 4. The Balaban J connectivity index is 5.33. The lowest BCUT2D eigenvalue weighted by Crippen LogP contribution is -2.30. The summed E-state index contributed by atoms with van der Waals surface area (Å²) in [7, 11) is -9.96. The van der Waals surface area contributed by atoms with Crippen LogP contribution in [0.25, 0.3) is 0 Å². The molecule has 0 bridgehead atoms. The minimum absolute atomic E-state index is 0.0763. The summed E-state index contributed by atoms with van der Waals surface area (Å²) < 4.78 is 68.6. The average molecular weight is 1480 g/mol. The lowest BCUT2D eigenvalue weighted by molar-refractivity contribution is -0.161. The maximum atomic E-state index is 13.1. The van der Waals surface area contributed by atoms with Crippen molar-refractivity contribution in [2.75, 3.05) is 39.6 Å². The third-order valence-corrected chi connectivity index (χ3v) is 18.9. The normalized spacial score (nSPS) is 14.4. The van der Waals surface area contributed by atoms with Crippen molar-refractivity contribution in [3.8, 4) is 0 Å². The van der Waals surface area contributed by atoms with Gasteiger partial charge in [0.15, 0.2) is 12.2 Å². The zero-order valence-corrected chi connectivity index (χ0v) is 66.3. The van der Waals surface area contributed by atoms with E-state index in [1.807, 2.05) is 0 Å². The van der Waals surface area contributed by atoms with Gasteiger partial charge in [0.25, 0.3) is 0 Å². The quantitative estimate of drug-likeness (QED) is 0.0169. The van der Waals surface area contributed by atoms with Crippen molar-refractivity contribution in [2.24, 2.45) is 0 Å². The highest BCUT2D eigenvalue weighted by atomic mass is 31.2. The van der Waals surface area contributed by atoms with Crippen molar-refractivity contribution in [3.05, 3.63) is 97.2 Å². The molecular weight excluding hydrogens is 1330 g/mol. The molecule has 0 fully saturated rings. The van der Waals surface area contributed by atoms with Crippen LogP contribution in [0.3, 0.4) is 0 Å². The number of hydrogen-bond donors (Lipinski definition) is 3. The molecule has 5 unspecified atom stereocenters. The second-order valence-corrected chi connectivity index (χ2v) is 29.9. The summed E-state index contributed by atoms with van der Waals surface area (Å²) in [6.07, 6.45) is 79.5. The molecule has 0 aromatic carbocycles. The van der Waals surface area contributed by atoms with E-state index >= 15 is 0 Å². The van der Waals surface area contributed by atoms with Gasteiger partial charge >= 0.3 is 39.5 Å². The van der Waals surface area contributed by atoms with Crippen LogP contribution in [-0.4, -0.2) is 96.7 Å². The zero-order chi connectivity index (χ0) is 74.6. The van der Waals surface area contributed by atoms with Crippen LogP contribution < -0.4 is 0 Å². The van der Waals surface area contributed by atoms with Crippen LogP contribution in [0.4, 0.5) is 0 Å². The minimum atomic E-state index is -4.98. The van der Waals surface area contributed by atoms with Gasteiger partial charge in [-0.2, -0.15) is 0 Å². The average Bonchev–Trinajstić information content (AvgIpc) is 0.907. The molecule has 17 nitrogen and oxygen atoms in total. The summed E-state index contributed by atoms with van der Waals surface area (Å²) in [5, 5.41) is 10.6. The van der Waals surface area contributed by atoms with Gasteiger partial charge in [-0.25, -0.2) is 9.13 Å². The molecule has 102 heavy (non-hydrogen) atoms. The van der Waals surface area contributed by atoms with E-state index in [1.54, 1.807) is 0 Å². The van der Waals surface area contributed by atoms with Crippen LogP contribution in [0.1, 0.15) is 349 Å². The van der Waals surface area contributed by atoms with Gasteiger partial charge in [0.1, 0.15) is 19.3 Å². The molecule has 0 radical (unpaired) electrons. The molecule has 0 aromatic heterocycles. The summed E-state index contributed by atoms with van der Waals surface area (Å²) in [4.78, 5) is 73.0. The van der Waals surface area contributed by atoms with Gasteiger partial charge in [0.05, 0.1) is 26.4 Å². The summed E-state index contributed by atoms with van der Waals surface area (Å²) in [5.74, 6) is -2.19. The maximum Gasteiger partial charge on any atom is 0.472 e. The number of hydrogen-bond acceptors (Lipinski definition) is 15. The fourth-order valence-electron chi connectivity index (χ4n) is 10.9. The van der Waals surface area contributed by atoms with Crippen LogP contribution in [-0.2, 0) is 65.4 Å². The predicted molar refractivity (Wildman–Crippen MR) is 418 cm³/mol. The number of rotatable bonds is 76. The van der Waals surface area contributed by atoms with Crippen LogP contribution in [0.2, 0.25) is 0 Å². The molecule has 0 saturated carbocycles. The van der Waals surface area contributed by atoms with Crippen molar-refractivity contribution in [3.63, 3.8) is 0 Å². The molecule has 0 amide bonds. The first-order chi connectivity index (χ1) is 49.7. The van der Waals surface area contributed by atoms with E-state index in [-0.39, 0.29) is 25.7 Å². The third kappa shape index (κ3) is 74.3. The Bertz CT molecular complexity index is 2310. The summed E-state index contributed by atoms with van der Waals surface area (Å²) in [6, 6.07) is 0. The first-order valence-electron chi connectivity index (χ1n) is 40.5. The molecule has 0 aliphatic rings. The lowest BCUT2D eigenvalue weighted by atomic mass is 10.0. The molecule has 0 saturated heterocycles. The molecule has 0 heterocycles. The Morgan fingerprint density at radius 1 is 0.284 bits per heavy atom. The molecule has 0 aromatic rings. The van der Waals surface area contributed by atoms with Crippen molar-refractivity contribution in [2.45, 2.75) is 367 Å². The van der Waals surface area contributed by atoms with Crippen LogP contribution >= 0.6 is 15.6 Å². The van der Waals surface area contributed by atoms with E-state index in [9.17, 15) is 43.2 Å². The Hall–Kier alpha value is -4.02. The van der Waals surface area contributed by atoms with Crippen molar-refractivity contribution in [1.29, 1.82) is 0 Å². The van der Waals surface area contributed by atoms with Crippen molar-refractivity contribution < 1.29 is 80.2 Å². The topological polar surface area (TPSA) is 237 Å². The molecule has 0 rings (SSSR count). The monoisotopic (exact) mass is 1480 g/mol. The summed E-state index contributed by atoms with van der Waals surface area (Å²) >= 11 is 0. The molecular formula is C83H146O17P2. The highest BCUT2D eigenvalue weighted by Crippen LogP contribution is 2.45. The predicted octanol–water partition coefficient (Wildman–Crippen LogP) is 23.6.